The third-order valence-electron chi connectivity index (χ3n) is 14.5. The number of rotatable bonds is 61. The lowest BCUT2D eigenvalue weighted by molar-refractivity contribution is -0.870. The quantitative estimate of drug-likeness (QED) is 0.0211. The molecule has 2 atom stereocenters. The number of nitrogens with zero attached hydrogens (tertiary/aromatic N) is 1. The van der Waals surface area contributed by atoms with Crippen LogP contribution in [-0.4, -0.2) is 74.9 Å². The van der Waals surface area contributed by atoms with Gasteiger partial charge in [0.2, 0.25) is 0 Å². The highest BCUT2D eigenvalue weighted by Crippen LogP contribution is 2.43. The summed E-state index contributed by atoms with van der Waals surface area (Å²) < 4.78 is 34.5. The molecule has 1 N–H and O–H groups in total. The summed E-state index contributed by atoms with van der Waals surface area (Å²) in [5, 5.41) is 0. The van der Waals surface area contributed by atoms with Gasteiger partial charge in [-0.15, -0.1) is 0 Å². The fraction of sp³-hybridized carbons (Fsp3) is 0.824. The van der Waals surface area contributed by atoms with Crippen molar-refractivity contribution in [2.45, 2.75) is 315 Å². The van der Waals surface area contributed by atoms with Crippen molar-refractivity contribution in [1.29, 1.82) is 0 Å². The number of esters is 2. The maximum atomic E-state index is 12.8. The van der Waals surface area contributed by atoms with Crippen molar-refractivity contribution >= 4 is 19.8 Å². The van der Waals surface area contributed by atoms with Crippen LogP contribution in [0.15, 0.2) is 60.8 Å². The summed E-state index contributed by atoms with van der Waals surface area (Å²) >= 11 is 0. The highest BCUT2D eigenvalue weighted by molar-refractivity contribution is 7.47. The Balaban J connectivity index is 3.88. The number of carbonyl (C=O) groups is 2. The standard InChI is InChI=1S/C68H126NO8P/c1-6-8-10-12-14-16-18-20-22-23-24-25-26-27-28-29-30-31-32-33-34-35-36-37-38-39-40-41-42-43-44-45-47-48-50-52-54-56-58-60-67(70)74-64-66(65-76-78(72,73)75-63-62-69(3,4)5)77-68(71)61-59-57-55-53-51-49-46-21-19-17-15-13-11-9-7-2/h9,11,15,17,21,23-24,46,51,53,66H,6-8,10,12-14,16,18-20,22,25-45,47-50,52,54-65H2,1-5H3/p+1/b11-9-,17-15-,24-23-,46-21-,53-51-. The van der Waals surface area contributed by atoms with E-state index < -0.39 is 26.5 Å². The van der Waals surface area contributed by atoms with E-state index in [-0.39, 0.29) is 32.0 Å². The van der Waals surface area contributed by atoms with Gasteiger partial charge < -0.3 is 18.9 Å². The fourth-order valence-electron chi connectivity index (χ4n) is 9.48. The van der Waals surface area contributed by atoms with E-state index in [2.05, 4.69) is 74.6 Å². The fourth-order valence-corrected chi connectivity index (χ4v) is 10.2. The predicted octanol–water partition coefficient (Wildman–Crippen LogP) is 21.0. The molecule has 0 heterocycles. The van der Waals surface area contributed by atoms with Crippen LogP contribution in [0, 0.1) is 0 Å². The van der Waals surface area contributed by atoms with Crippen LogP contribution in [0.4, 0.5) is 0 Å². The second-order valence-corrected chi connectivity index (χ2v) is 24.9. The Hall–Kier alpha value is -2.29. The summed E-state index contributed by atoms with van der Waals surface area (Å²) in [6.07, 6.45) is 77.9. The molecule has 78 heavy (non-hydrogen) atoms. The molecule has 0 aromatic carbocycles. The molecule has 456 valence electrons. The molecule has 0 saturated heterocycles. The number of hydrogen-bond acceptors (Lipinski definition) is 7. The van der Waals surface area contributed by atoms with Gasteiger partial charge in [-0.1, -0.05) is 280 Å². The van der Waals surface area contributed by atoms with E-state index >= 15 is 0 Å². The Labute approximate surface area is 483 Å². The van der Waals surface area contributed by atoms with Gasteiger partial charge in [-0.05, 0) is 77.0 Å². The molecule has 0 saturated carbocycles. The van der Waals surface area contributed by atoms with E-state index in [1.165, 1.54) is 218 Å². The van der Waals surface area contributed by atoms with Crippen molar-refractivity contribution in [3.8, 4) is 0 Å². The first-order valence-corrected chi connectivity index (χ1v) is 34.5. The number of carbonyl (C=O) groups excluding carboxylic acids is 2. The lowest BCUT2D eigenvalue weighted by Crippen LogP contribution is -2.37. The minimum atomic E-state index is -4.40. The Morgan fingerprint density at radius 1 is 0.410 bits per heavy atom. The first-order chi connectivity index (χ1) is 38.0. The summed E-state index contributed by atoms with van der Waals surface area (Å²) in [6, 6.07) is 0. The minimum absolute atomic E-state index is 0.0230. The molecule has 0 aliphatic carbocycles. The van der Waals surface area contributed by atoms with Gasteiger partial charge in [0.1, 0.15) is 19.8 Å². The molecule has 0 aliphatic rings. The molecule has 0 amide bonds. The average Bonchev–Trinajstić information content (AvgIpc) is 3.41. The first-order valence-electron chi connectivity index (χ1n) is 33.0. The smallest absolute Gasteiger partial charge is 0.462 e. The number of quaternary nitrogens is 1. The van der Waals surface area contributed by atoms with Crippen LogP contribution in [0.3, 0.4) is 0 Å². The summed E-state index contributed by atoms with van der Waals surface area (Å²) in [5.41, 5.74) is 0. The van der Waals surface area contributed by atoms with Gasteiger partial charge in [0.15, 0.2) is 6.10 Å². The van der Waals surface area contributed by atoms with Gasteiger partial charge >= 0.3 is 19.8 Å². The maximum Gasteiger partial charge on any atom is 0.472 e. The van der Waals surface area contributed by atoms with Crippen molar-refractivity contribution in [3.05, 3.63) is 60.8 Å². The van der Waals surface area contributed by atoms with E-state index in [0.717, 1.165) is 57.8 Å². The summed E-state index contributed by atoms with van der Waals surface area (Å²) in [6.45, 7) is 4.30. The van der Waals surface area contributed by atoms with Crippen LogP contribution in [-0.2, 0) is 32.7 Å². The zero-order valence-corrected chi connectivity index (χ0v) is 52.8. The average molecular weight is 1120 g/mol. The van der Waals surface area contributed by atoms with Gasteiger partial charge in [0, 0.05) is 12.8 Å². The SMILES string of the molecule is CC/C=C\C/C=C\C/C=C\C/C=C\CCCCC(=O)OC(COC(=O)CCCCCCCCCCCCCCCCCCCCCCCCCCCCC/C=C\CCCCCCCCCC)COP(=O)(O)OCC[N+](C)(C)C. The molecular formula is C68H127NO8P+. The predicted molar refractivity (Wildman–Crippen MR) is 335 cm³/mol. The van der Waals surface area contributed by atoms with Gasteiger partial charge in [-0.25, -0.2) is 4.57 Å². The molecule has 0 aromatic heterocycles. The van der Waals surface area contributed by atoms with Crippen molar-refractivity contribution in [1.82, 2.24) is 0 Å². The number of hydrogen-bond donors (Lipinski definition) is 1. The van der Waals surface area contributed by atoms with E-state index in [9.17, 15) is 19.0 Å². The number of phosphoric acid groups is 1. The Morgan fingerprint density at radius 2 is 0.731 bits per heavy atom. The third-order valence-corrected chi connectivity index (χ3v) is 15.5. The lowest BCUT2D eigenvalue weighted by Gasteiger charge is -2.24. The largest absolute Gasteiger partial charge is 0.472 e. The van der Waals surface area contributed by atoms with E-state index in [1.807, 2.05) is 21.1 Å². The summed E-state index contributed by atoms with van der Waals surface area (Å²) in [7, 11) is 1.45. The van der Waals surface area contributed by atoms with E-state index in [4.69, 9.17) is 18.5 Å². The third kappa shape index (κ3) is 62.9. The summed E-state index contributed by atoms with van der Waals surface area (Å²) in [5.74, 6) is -0.837. The Bertz CT molecular complexity index is 1500. The minimum Gasteiger partial charge on any atom is -0.462 e. The van der Waals surface area contributed by atoms with Gasteiger partial charge in [0.25, 0.3) is 0 Å². The second kappa shape index (κ2) is 59.3. The van der Waals surface area contributed by atoms with Crippen LogP contribution < -0.4 is 0 Å². The molecule has 2 unspecified atom stereocenters. The lowest BCUT2D eigenvalue weighted by atomic mass is 10.0. The molecule has 9 nitrogen and oxygen atoms in total. The Morgan fingerprint density at radius 3 is 1.13 bits per heavy atom. The van der Waals surface area contributed by atoms with Crippen molar-refractivity contribution in [2.24, 2.45) is 0 Å². The van der Waals surface area contributed by atoms with Crippen molar-refractivity contribution in [2.75, 3.05) is 47.5 Å². The highest BCUT2D eigenvalue weighted by atomic mass is 31.2. The summed E-state index contributed by atoms with van der Waals surface area (Å²) in [4.78, 5) is 35.6. The molecule has 10 heteroatoms. The number of phosphoric ester groups is 1. The number of ether oxygens (including phenoxy) is 2. The van der Waals surface area contributed by atoms with Crippen LogP contribution in [0.25, 0.3) is 0 Å². The molecule has 0 aliphatic heterocycles. The molecule has 0 rings (SSSR count). The molecule has 0 bridgehead atoms. The molecular weight excluding hydrogens is 990 g/mol. The van der Waals surface area contributed by atoms with Gasteiger partial charge in [0.05, 0.1) is 27.7 Å². The molecule has 0 fully saturated rings. The topological polar surface area (TPSA) is 108 Å². The maximum absolute atomic E-state index is 12.8. The zero-order valence-electron chi connectivity index (χ0n) is 51.9. The van der Waals surface area contributed by atoms with Gasteiger partial charge in [-0.2, -0.15) is 0 Å². The van der Waals surface area contributed by atoms with Gasteiger partial charge in [-0.3, -0.25) is 18.6 Å². The molecule has 0 spiro atoms. The zero-order chi connectivity index (χ0) is 57.0. The van der Waals surface area contributed by atoms with Crippen molar-refractivity contribution < 1.29 is 42.1 Å². The first kappa shape index (κ1) is 75.7. The van der Waals surface area contributed by atoms with Crippen LogP contribution in [0.2, 0.25) is 0 Å². The monoisotopic (exact) mass is 1120 g/mol. The number of likely N-dealkylation sites (N-methyl/N-ethyl adjacent to an activating group) is 1. The second-order valence-electron chi connectivity index (χ2n) is 23.5. The van der Waals surface area contributed by atoms with Crippen LogP contribution >= 0.6 is 7.82 Å². The normalized spacial score (nSPS) is 13.6. The highest BCUT2D eigenvalue weighted by Gasteiger charge is 2.27. The Kier molecular flexibility index (Phi) is 57.6. The number of allylic oxidation sites excluding steroid dienone is 10. The van der Waals surface area contributed by atoms with E-state index in [0.29, 0.717) is 17.4 Å². The molecule has 0 radical (unpaired) electrons. The van der Waals surface area contributed by atoms with E-state index in [1.54, 1.807) is 0 Å². The van der Waals surface area contributed by atoms with Crippen LogP contribution in [0.5, 0.6) is 0 Å². The number of unbranched alkanes of at least 4 members (excludes halogenated alkanes) is 37. The molecule has 0 aromatic rings. The van der Waals surface area contributed by atoms with Crippen LogP contribution in [0.1, 0.15) is 309 Å². The van der Waals surface area contributed by atoms with Crippen molar-refractivity contribution in [3.63, 3.8) is 0 Å².